The largest absolute Gasteiger partial charge is 0.394 e. The maximum atomic E-state index is 11.6. The zero-order valence-corrected chi connectivity index (χ0v) is 9.72. The van der Waals surface area contributed by atoms with Crippen LogP contribution in [0.2, 0.25) is 0 Å². The minimum absolute atomic E-state index is 0.0278. The van der Waals surface area contributed by atoms with Gasteiger partial charge in [-0.25, -0.2) is 4.79 Å². The summed E-state index contributed by atoms with van der Waals surface area (Å²) in [6.07, 6.45) is 2.30. The highest BCUT2D eigenvalue weighted by Gasteiger charge is 2.37. The van der Waals surface area contributed by atoms with Crippen molar-refractivity contribution in [2.24, 2.45) is 0 Å². The highest BCUT2D eigenvalue weighted by Crippen LogP contribution is 2.09. The molecule has 102 valence electrons. The molecule has 0 radical (unpaired) electrons. The smallest absolute Gasteiger partial charge is 0.324 e. The first kappa shape index (κ1) is 13.0. The molecule has 10 nitrogen and oxygen atoms in total. The number of carbonyl (C=O) groups is 2. The number of nitrogens with zero attached hydrogens (tertiary/aromatic N) is 4. The molecule has 0 bridgehead atoms. The van der Waals surface area contributed by atoms with E-state index >= 15 is 0 Å². The Morgan fingerprint density at radius 3 is 2.74 bits per heavy atom. The van der Waals surface area contributed by atoms with Crippen LogP contribution in [0.15, 0.2) is 12.4 Å². The van der Waals surface area contributed by atoms with Crippen molar-refractivity contribution in [3.63, 3.8) is 0 Å². The number of imide groups is 1. The van der Waals surface area contributed by atoms with E-state index in [1.165, 1.54) is 10.9 Å². The summed E-state index contributed by atoms with van der Waals surface area (Å²) in [6, 6.07) is -1.51. The standard InChI is InChI=1S/C9H11N5O5/c15-5-7-8(16)13(9(17)11-7)2-1-12-4-6(3-10-12)14(18)19/h3-4,7,15H,1-2,5H2,(H,11,17). The van der Waals surface area contributed by atoms with E-state index in [0.29, 0.717) is 0 Å². The molecule has 2 N–H and O–H groups in total. The van der Waals surface area contributed by atoms with Crippen molar-refractivity contribution in [1.82, 2.24) is 20.0 Å². The molecule has 1 atom stereocenters. The molecule has 1 aromatic rings. The van der Waals surface area contributed by atoms with Crippen LogP contribution in [0, 0.1) is 10.1 Å². The predicted octanol–water partition coefficient (Wildman–Crippen LogP) is -1.30. The van der Waals surface area contributed by atoms with Gasteiger partial charge < -0.3 is 10.4 Å². The van der Waals surface area contributed by atoms with E-state index in [0.717, 1.165) is 11.1 Å². The number of aliphatic hydroxyl groups is 1. The number of hydrogen-bond donors (Lipinski definition) is 2. The highest BCUT2D eigenvalue weighted by molar-refractivity contribution is 6.04. The molecule has 10 heteroatoms. The van der Waals surface area contributed by atoms with Crippen LogP contribution in [-0.4, -0.2) is 55.8 Å². The van der Waals surface area contributed by atoms with Gasteiger partial charge in [-0.15, -0.1) is 0 Å². The summed E-state index contributed by atoms with van der Waals surface area (Å²) in [5.74, 6) is -0.519. The van der Waals surface area contributed by atoms with E-state index in [4.69, 9.17) is 5.11 Å². The lowest BCUT2D eigenvalue weighted by atomic mass is 10.3. The number of rotatable bonds is 5. The zero-order valence-electron chi connectivity index (χ0n) is 9.72. The van der Waals surface area contributed by atoms with Gasteiger partial charge in [-0.2, -0.15) is 5.10 Å². The quantitative estimate of drug-likeness (QED) is 0.388. The maximum Gasteiger partial charge on any atom is 0.324 e. The summed E-state index contributed by atoms with van der Waals surface area (Å²) in [5, 5.41) is 25.4. The van der Waals surface area contributed by atoms with Crippen LogP contribution in [0.1, 0.15) is 0 Å². The van der Waals surface area contributed by atoms with Gasteiger partial charge in [0.05, 0.1) is 24.6 Å². The summed E-state index contributed by atoms with van der Waals surface area (Å²) in [7, 11) is 0. The Balaban J connectivity index is 1.96. The average Bonchev–Trinajstić information content (AvgIpc) is 2.93. The van der Waals surface area contributed by atoms with E-state index in [1.54, 1.807) is 0 Å². The Hall–Kier alpha value is -2.49. The van der Waals surface area contributed by atoms with Gasteiger partial charge in [-0.05, 0) is 0 Å². The van der Waals surface area contributed by atoms with Crippen LogP contribution >= 0.6 is 0 Å². The van der Waals surface area contributed by atoms with Gasteiger partial charge in [0.2, 0.25) is 0 Å². The number of aromatic nitrogens is 2. The molecule has 0 saturated carbocycles. The summed E-state index contributed by atoms with van der Waals surface area (Å²) < 4.78 is 1.27. The average molecular weight is 269 g/mol. The Morgan fingerprint density at radius 1 is 1.47 bits per heavy atom. The fourth-order valence-electron chi connectivity index (χ4n) is 1.68. The van der Waals surface area contributed by atoms with E-state index in [-0.39, 0.29) is 18.8 Å². The number of hydrogen-bond acceptors (Lipinski definition) is 6. The molecule has 3 amide bonds. The Morgan fingerprint density at radius 2 is 2.21 bits per heavy atom. The van der Waals surface area contributed by atoms with Crippen molar-refractivity contribution in [1.29, 1.82) is 0 Å². The number of nitro groups is 1. The molecule has 2 rings (SSSR count). The second-order valence-electron chi connectivity index (χ2n) is 3.89. The van der Waals surface area contributed by atoms with Gasteiger partial charge in [-0.1, -0.05) is 0 Å². The van der Waals surface area contributed by atoms with Crippen LogP contribution in [0.5, 0.6) is 0 Å². The molecule has 1 unspecified atom stereocenters. The monoisotopic (exact) mass is 269 g/mol. The third-order valence-electron chi connectivity index (χ3n) is 2.67. The Labute approximate surface area is 106 Å². The molecule has 0 spiro atoms. The van der Waals surface area contributed by atoms with Gasteiger partial charge in [0.1, 0.15) is 18.4 Å². The highest BCUT2D eigenvalue weighted by atomic mass is 16.6. The molecule has 0 aliphatic carbocycles. The zero-order chi connectivity index (χ0) is 14.0. The van der Waals surface area contributed by atoms with Crippen molar-refractivity contribution in [2.75, 3.05) is 13.2 Å². The van der Waals surface area contributed by atoms with Crippen molar-refractivity contribution in [3.8, 4) is 0 Å². The number of carbonyl (C=O) groups excluding carboxylic acids is 2. The van der Waals surface area contributed by atoms with Gasteiger partial charge in [0.15, 0.2) is 0 Å². The van der Waals surface area contributed by atoms with Gasteiger partial charge >= 0.3 is 11.7 Å². The van der Waals surface area contributed by atoms with Crippen molar-refractivity contribution in [3.05, 3.63) is 22.5 Å². The number of nitrogens with one attached hydrogen (secondary N) is 1. The third kappa shape index (κ3) is 2.52. The van der Waals surface area contributed by atoms with Crippen molar-refractivity contribution in [2.45, 2.75) is 12.6 Å². The molecule has 19 heavy (non-hydrogen) atoms. The molecular formula is C9H11N5O5. The first-order valence-electron chi connectivity index (χ1n) is 5.42. The van der Waals surface area contributed by atoms with Crippen LogP contribution < -0.4 is 5.32 Å². The second-order valence-corrected chi connectivity index (χ2v) is 3.89. The topological polar surface area (TPSA) is 131 Å². The second kappa shape index (κ2) is 5.02. The molecular weight excluding hydrogens is 258 g/mol. The van der Waals surface area contributed by atoms with Crippen LogP contribution in [-0.2, 0) is 11.3 Å². The molecule has 1 aromatic heterocycles. The van der Waals surface area contributed by atoms with Crippen molar-refractivity contribution >= 4 is 17.6 Å². The summed E-state index contributed by atoms with van der Waals surface area (Å²) in [6.45, 7) is -0.292. The first-order valence-corrected chi connectivity index (χ1v) is 5.42. The van der Waals surface area contributed by atoms with Gasteiger partial charge in [-0.3, -0.25) is 24.5 Å². The van der Waals surface area contributed by atoms with E-state index in [2.05, 4.69) is 10.4 Å². The molecule has 1 fully saturated rings. The number of aliphatic hydroxyl groups excluding tert-OH is 1. The van der Waals surface area contributed by atoms with E-state index in [9.17, 15) is 19.7 Å². The molecule has 1 aliphatic heterocycles. The van der Waals surface area contributed by atoms with E-state index in [1.807, 2.05) is 0 Å². The van der Waals surface area contributed by atoms with Crippen LogP contribution in [0.3, 0.4) is 0 Å². The first-order chi connectivity index (χ1) is 9.02. The minimum atomic E-state index is -0.917. The van der Waals surface area contributed by atoms with Gasteiger partial charge in [0.25, 0.3) is 5.91 Å². The molecule has 2 heterocycles. The SMILES string of the molecule is O=C1NC(CO)C(=O)N1CCn1cc([N+](=O)[O-])cn1. The van der Waals surface area contributed by atoms with Crippen molar-refractivity contribution < 1.29 is 19.6 Å². The lowest BCUT2D eigenvalue weighted by Gasteiger charge is -2.12. The predicted molar refractivity (Wildman–Crippen MR) is 60.0 cm³/mol. The fourth-order valence-corrected chi connectivity index (χ4v) is 1.68. The summed E-state index contributed by atoms with van der Waals surface area (Å²) in [5.41, 5.74) is -0.162. The Bertz CT molecular complexity index is 527. The lowest BCUT2D eigenvalue weighted by Crippen LogP contribution is -2.35. The minimum Gasteiger partial charge on any atom is -0.394 e. The number of amides is 3. The lowest BCUT2D eigenvalue weighted by molar-refractivity contribution is -0.385. The molecule has 1 saturated heterocycles. The molecule has 0 aromatic carbocycles. The normalized spacial score (nSPS) is 18.8. The maximum absolute atomic E-state index is 11.6. The number of urea groups is 1. The van der Waals surface area contributed by atoms with Crippen LogP contribution in [0.25, 0.3) is 0 Å². The van der Waals surface area contributed by atoms with E-state index < -0.39 is 29.5 Å². The molecule has 1 aliphatic rings. The summed E-state index contributed by atoms with van der Waals surface area (Å²) in [4.78, 5) is 33.9. The fraction of sp³-hybridized carbons (Fsp3) is 0.444. The van der Waals surface area contributed by atoms with Crippen LogP contribution in [0.4, 0.5) is 10.5 Å². The Kier molecular flexibility index (Phi) is 3.42. The third-order valence-corrected chi connectivity index (χ3v) is 2.67. The van der Waals surface area contributed by atoms with Gasteiger partial charge in [0, 0.05) is 0 Å². The summed E-state index contributed by atoms with van der Waals surface area (Å²) >= 11 is 0.